The van der Waals surface area contributed by atoms with Crippen LogP contribution in [-0.4, -0.2) is 31.1 Å². The third-order valence-corrected chi connectivity index (χ3v) is 2.71. The monoisotopic (exact) mass is 243 g/mol. The molecule has 0 aliphatic heterocycles. The number of hydrogen-bond donors (Lipinski definition) is 4. The average Bonchev–Trinajstić information content (AvgIpc) is 2.93. The van der Waals surface area contributed by atoms with Crippen LogP contribution < -0.4 is 0 Å². The standard InChI is InChI=1S/C12H9N3O3/c16-7-2-1-6-3-9(15-8(6)4-7)10-11(12(17)18)14-5-13-10/h1-5,15-16H,(H,13,14)(H,17,18). The number of carboxylic acid groups (broad SMARTS) is 1. The smallest absolute Gasteiger partial charge is 0.354 e. The SMILES string of the molecule is O=C(O)c1[nH]cnc1-c1cc2ccc(O)cc2[nH]1. The van der Waals surface area contributed by atoms with Gasteiger partial charge in [-0.15, -0.1) is 0 Å². The van der Waals surface area contributed by atoms with E-state index in [4.69, 9.17) is 5.11 Å². The van der Waals surface area contributed by atoms with E-state index in [1.54, 1.807) is 24.3 Å². The largest absolute Gasteiger partial charge is 0.508 e. The van der Waals surface area contributed by atoms with Crippen LogP contribution in [0, 0.1) is 0 Å². The van der Waals surface area contributed by atoms with Gasteiger partial charge in [-0.25, -0.2) is 9.78 Å². The summed E-state index contributed by atoms with van der Waals surface area (Å²) in [5.41, 5.74) is 1.70. The molecule has 0 unspecified atom stereocenters. The van der Waals surface area contributed by atoms with Crippen molar-refractivity contribution in [3.8, 4) is 17.1 Å². The lowest BCUT2D eigenvalue weighted by atomic mass is 10.2. The van der Waals surface area contributed by atoms with Crippen molar-refractivity contribution in [1.29, 1.82) is 0 Å². The van der Waals surface area contributed by atoms with E-state index in [-0.39, 0.29) is 11.4 Å². The fourth-order valence-corrected chi connectivity index (χ4v) is 1.90. The molecule has 3 rings (SSSR count). The van der Waals surface area contributed by atoms with Gasteiger partial charge in [0.15, 0.2) is 5.69 Å². The number of nitrogens with one attached hydrogen (secondary N) is 2. The maximum absolute atomic E-state index is 11.0. The topological polar surface area (TPSA) is 102 Å². The molecule has 18 heavy (non-hydrogen) atoms. The van der Waals surface area contributed by atoms with Crippen LogP contribution in [0.3, 0.4) is 0 Å². The maximum atomic E-state index is 11.0. The molecule has 0 atom stereocenters. The van der Waals surface area contributed by atoms with Gasteiger partial charge in [0.05, 0.1) is 12.0 Å². The zero-order chi connectivity index (χ0) is 12.7. The number of carboxylic acids is 1. The summed E-state index contributed by atoms with van der Waals surface area (Å²) in [4.78, 5) is 20.6. The van der Waals surface area contributed by atoms with Gasteiger partial charge in [-0.1, -0.05) is 0 Å². The molecule has 6 heteroatoms. The molecule has 0 amide bonds. The van der Waals surface area contributed by atoms with Crippen LogP contribution in [0.4, 0.5) is 0 Å². The average molecular weight is 243 g/mol. The van der Waals surface area contributed by atoms with Crippen molar-refractivity contribution in [2.45, 2.75) is 0 Å². The van der Waals surface area contributed by atoms with Crippen LogP contribution in [0.5, 0.6) is 5.75 Å². The Kier molecular flexibility index (Phi) is 2.09. The first-order valence-electron chi connectivity index (χ1n) is 5.24. The Morgan fingerprint density at radius 1 is 1.28 bits per heavy atom. The molecule has 1 aromatic carbocycles. The second-order valence-electron chi connectivity index (χ2n) is 3.89. The van der Waals surface area contributed by atoms with Crippen LogP contribution in [0.25, 0.3) is 22.3 Å². The zero-order valence-corrected chi connectivity index (χ0v) is 9.14. The molecule has 0 bridgehead atoms. The number of hydrogen-bond acceptors (Lipinski definition) is 3. The van der Waals surface area contributed by atoms with Crippen LogP contribution in [-0.2, 0) is 0 Å². The molecule has 2 heterocycles. The number of phenols is 1. The van der Waals surface area contributed by atoms with Gasteiger partial charge in [-0.3, -0.25) is 0 Å². The molecule has 6 nitrogen and oxygen atoms in total. The minimum Gasteiger partial charge on any atom is -0.508 e. The Bertz CT molecular complexity index is 742. The van der Waals surface area contributed by atoms with Gasteiger partial charge in [0.2, 0.25) is 0 Å². The molecule has 90 valence electrons. The fourth-order valence-electron chi connectivity index (χ4n) is 1.90. The summed E-state index contributed by atoms with van der Waals surface area (Å²) in [5, 5.41) is 19.3. The number of aromatic carboxylic acids is 1. The number of benzene rings is 1. The second kappa shape index (κ2) is 3.63. The zero-order valence-electron chi connectivity index (χ0n) is 9.14. The minimum absolute atomic E-state index is 0.0331. The number of aromatic amines is 2. The van der Waals surface area contributed by atoms with Gasteiger partial charge in [0.1, 0.15) is 11.4 Å². The minimum atomic E-state index is -1.07. The lowest BCUT2D eigenvalue weighted by Gasteiger charge is -1.94. The number of carbonyl (C=O) groups is 1. The number of aromatic nitrogens is 3. The van der Waals surface area contributed by atoms with Crippen LogP contribution >= 0.6 is 0 Å². The first kappa shape index (κ1) is 10.4. The summed E-state index contributed by atoms with van der Waals surface area (Å²) in [7, 11) is 0. The second-order valence-corrected chi connectivity index (χ2v) is 3.89. The summed E-state index contributed by atoms with van der Waals surface area (Å²) in [5.74, 6) is -0.916. The van der Waals surface area contributed by atoms with Gasteiger partial charge in [0.25, 0.3) is 0 Å². The molecule has 3 aromatic rings. The number of H-pyrrole nitrogens is 2. The number of phenolic OH excluding ortho intramolecular Hbond substituents is 1. The van der Waals surface area contributed by atoms with E-state index in [0.717, 1.165) is 10.9 Å². The maximum Gasteiger partial charge on any atom is 0.354 e. The summed E-state index contributed by atoms with van der Waals surface area (Å²) in [6.07, 6.45) is 1.34. The number of rotatable bonds is 2. The Balaban J connectivity index is 2.19. The number of fused-ring (bicyclic) bond motifs is 1. The highest BCUT2D eigenvalue weighted by atomic mass is 16.4. The first-order chi connectivity index (χ1) is 8.65. The molecule has 0 saturated heterocycles. The van der Waals surface area contributed by atoms with E-state index in [1.165, 1.54) is 6.33 Å². The Labute approximate surface area is 101 Å². The van der Waals surface area contributed by atoms with Gasteiger partial charge < -0.3 is 20.2 Å². The number of nitrogens with zero attached hydrogens (tertiary/aromatic N) is 1. The van der Waals surface area contributed by atoms with Crippen molar-refractivity contribution in [3.63, 3.8) is 0 Å². The summed E-state index contributed by atoms with van der Waals surface area (Å²) >= 11 is 0. The molecule has 0 spiro atoms. The molecule has 0 aliphatic rings. The van der Waals surface area contributed by atoms with Gasteiger partial charge in [0, 0.05) is 17.0 Å². The predicted octanol–water partition coefficient (Wildman–Crippen LogP) is 1.96. The van der Waals surface area contributed by atoms with Crippen molar-refractivity contribution in [2.24, 2.45) is 0 Å². The Morgan fingerprint density at radius 3 is 2.89 bits per heavy atom. The molecule has 0 fully saturated rings. The van der Waals surface area contributed by atoms with E-state index in [1.807, 2.05) is 0 Å². The lowest BCUT2D eigenvalue weighted by Crippen LogP contribution is -1.99. The summed E-state index contributed by atoms with van der Waals surface area (Å²) < 4.78 is 0. The van der Waals surface area contributed by atoms with Crippen molar-refractivity contribution >= 4 is 16.9 Å². The molecular weight excluding hydrogens is 234 g/mol. The quantitative estimate of drug-likeness (QED) is 0.552. The highest BCUT2D eigenvalue weighted by Gasteiger charge is 2.16. The van der Waals surface area contributed by atoms with E-state index < -0.39 is 5.97 Å². The Morgan fingerprint density at radius 2 is 2.11 bits per heavy atom. The fraction of sp³-hybridized carbons (Fsp3) is 0. The molecule has 2 aromatic heterocycles. The third-order valence-electron chi connectivity index (χ3n) is 2.71. The molecule has 0 saturated carbocycles. The van der Waals surface area contributed by atoms with E-state index in [2.05, 4.69) is 15.0 Å². The van der Waals surface area contributed by atoms with Gasteiger partial charge in [-0.2, -0.15) is 0 Å². The van der Waals surface area contributed by atoms with Crippen molar-refractivity contribution in [2.75, 3.05) is 0 Å². The molecule has 0 aliphatic carbocycles. The number of imidazole rings is 1. The Hall–Kier alpha value is -2.76. The van der Waals surface area contributed by atoms with Crippen molar-refractivity contribution in [3.05, 3.63) is 36.3 Å². The van der Waals surface area contributed by atoms with Crippen LogP contribution in [0.2, 0.25) is 0 Å². The van der Waals surface area contributed by atoms with E-state index in [9.17, 15) is 9.90 Å². The highest BCUT2D eigenvalue weighted by molar-refractivity contribution is 5.94. The summed E-state index contributed by atoms with van der Waals surface area (Å²) in [6.45, 7) is 0. The highest BCUT2D eigenvalue weighted by Crippen LogP contribution is 2.26. The molecular formula is C12H9N3O3. The van der Waals surface area contributed by atoms with Crippen LogP contribution in [0.1, 0.15) is 10.5 Å². The van der Waals surface area contributed by atoms with Crippen molar-refractivity contribution < 1.29 is 15.0 Å². The van der Waals surface area contributed by atoms with Crippen molar-refractivity contribution in [1.82, 2.24) is 15.0 Å². The summed E-state index contributed by atoms with van der Waals surface area (Å²) in [6, 6.07) is 6.68. The van der Waals surface area contributed by atoms with Crippen LogP contribution in [0.15, 0.2) is 30.6 Å². The molecule has 4 N–H and O–H groups in total. The van der Waals surface area contributed by atoms with E-state index >= 15 is 0 Å². The first-order valence-corrected chi connectivity index (χ1v) is 5.24. The van der Waals surface area contributed by atoms with Gasteiger partial charge >= 0.3 is 5.97 Å². The third kappa shape index (κ3) is 1.51. The lowest BCUT2D eigenvalue weighted by molar-refractivity contribution is 0.0692. The number of aromatic hydroxyl groups is 1. The predicted molar refractivity (Wildman–Crippen MR) is 64.5 cm³/mol. The van der Waals surface area contributed by atoms with Gasteiger partial charge in [-0.05, 0) is 18.2 Å². The molecule has 0 radical (unpaired) electrons. The normalized spacial score (nSPS) is 10.9. The van der Waals surface area contributed by atoms with E-state index in [0.29, 0.717) is 11.4 Å².